The van der Waals surface area contributed by atoms with Crippen LogP contribution in [0.15, 0.2) is 24.3 Å². The standard InChI is InChI=1S/C11H13NO4/c1-8(13)15-7-9-5-3-4-6-10(9)16-11(14)12-2/h3-6H,7H2,1-2H3,(H,12,14). The number of hydrogen-bond donors (Lipinski definition) is 1. The Kier molecular flexibility index (Phi) is 4.32. The number of benzene rings is 1. The minimum Gasteiger partial charge on any atom is -0.461 e. The molecule has 0 aromatic heterocycles. The summed E-state index contributed by atoms with van der Waals surface area (Å²) in [6, 6.07) is 6.86. The van der Waals surface area contributed by atoms with Gasteiger partial charge in [-0.3, -0.25) is 4.79 Å². The van der Waals surface area contributed by atoms with E-state index in [1.165, 1.54) is 14.0 Å². The van der Waals surface area contributed by atoms with Crippen LogP contribution in [0.2, 0.25) is 0 Å². The van der Waals surface area contributed by atoms with Crippen LogP contribution < -0.4 is 10.1 Å². The van der Waals surface area contributed by atoms with Crippen molar-refractivity contribution in [3.63, 3.8) is 0 Å². The molecule has 0 unspecified atom stereocenters. The molecule has 0 saturated carbocycles. The molecule has 0 fully saturated rings. The number of hydrogen-bond acceptors (Lipinski definition) is 4. The number of ether oxygens (including phenoxy) is 2. The fourth-order valence-electron chi connectivity index (χ4n) is 1.05. The number of esters is 1. The molecular weight excluding hydrogens is 210 g/mol. The molecule has 1 aromatic carbocycles. The van der Waals surface area contributed by atoms with Crippen molar-refractivity contribution in [2.75, 3.05) is 7.05 Å². The molecule has 0 spiro atoms. The summed E-state index contributed by atoms with van der Waals surface area (Å²) < 4.78 is 9.82. The Morgan fingerprint density at radius 1 is 1.31 bits per heavy atom. The number of amides is 1. The van der Waals surface area contributed by atoms with Crippen molar-refractivity contribution in [2.24, 2.45) is 0 Å². The molecule has 0 bridgehead atoms. The highest BCUT2D eigenvalue weighted by Gasteiger charge is 2.08. The van der Waals surface area contributed by atoms with E-state index >= 15 is 0 Å². The third-order valence-corrected chi connectivity index (χ3v) is 1.81. The van der Waals surface area contributed by atoms with E-state index in [4.69, 9.17) is 9.47 Å². The van der Waals surface area contributed by atoms with E-state index in [0.29, 0.717) is 11.3 Å². The fourth-order valence-corrected chi connectivity index (χ4v) is 1.05. The highest BCUT2D eigenvalue weighted by atomic mass is 16.6. The van der Waals surface area contributed by atoms with Crippen molar-refractivity contribution >= 4 is 12.1 Å². The van der Waals surface area contributed by atoms with E-state index in [9.17, 15) is 9.59 Å². The minimum atomic E-state index is -0.560. The minimum absolute atomic E-state index is 0.0858. The van der Waals surface area contributed by atoms with E-state index in [2.05, 4.69) is 5.32 Å². The lowest BCUT2D eigenvalue weighted by molar-refractivity contribution is -0.142. The Labute approximate surface area is 93.4 Å². The number of rotatable bonds is 3. The molecule has 1 amide bonds. The van der Waals surface area contributed by atoms with Gasteiger partial charge in [-0.1, -0.05) is 18.2 Å². The summed E-state index contributed by atoms with van der Waals surface area (Å²) in [7, 11) is 1.47. The lowest BCUT2D eigenvalue weighted by atomic mass is 10.2. The third kappa shape index (κ3) is 3.61. The molecular formula is C11H13NO4. The van der Waals surface area contributed by atoms with Crippen LogP contribution in [0, 0.1) is 0 Å². The molecule has 0 saturated heterocycles. The number of carbonyl (C=O) groups excluding carboxylic acids is 2. The molecule has 0 atom stereocenters. The van der Waals surface area contributed by atoms with Crippen LogP contribution in [0.1, 0.15) is 12.5 Å². The van der Waals surface area contributed by atoms with Crippen LogP contribution in [0.25, 0.3) is 0 Å². The van der Waals surface area contributed by atoms with Gasteiger partial charge in [0.25, 0.3) is 0 Å². The summed E-state index contributed by atoms with van der Waals surface area (Å²) in [5.74, 6) is -0.00199. The molecule has 1 N–H and O–H groups in total. The average Bonchev–Trinajstić information content (AvgIpc) is 2.27. The van der Waals surface area contributed by atoms with Crippen molar-refractivity contribution < 1.29 is 19.1 Å². The zero-order valence-electron chi connectivity index (χ0n) is 9.15. The van der Waals surface area contributed by atoms with Gasteiger partial charge in [0.15, 0.2) is 0 Å². The van der Waals surface area contributed by atoms with Crippen LogP contribution in [-0.4, -0.2) is 19.1 Å². The van der Waals surface area contributed by atoms with E-state index in [0.717, 1.165) is 0 Å². The van der Waals surface area contributed by atoms with Gasteiger partial charge in [-0.25, -0.2) is 4.79 Å². The molecule has 5 nitrogen and oxygen atoms in total. The largest absolute Gasteiger partial charge is 0.461 e. The Balaban J connectivity index is 2.74. The van der Waals surface area contributed by atoms with Gasteiger partial charge in [0.05, 0.1) is 0 Å². The van der Waals surface area contributed by atoms with Gasteiger partial charge in [0.2, 0.25) is 0 Å². The Morgan fingerprint density at radius 2 is 2.00 bits per heavy atom. The average molecular weight is 223 g/mol. The SMILES string of the molecule is CNC(=O)Oc1ccccc1COC(C)=O. The maximum Gasteiger partial charge on any atom is 0.412 e. The van der Waals surface area contributed by atoms with Gasteiger partial charge in [0, 0.05) is 19.5 Å². The molecule has 0 aliphatic rings. The van der Waals surface area contributed by atoms with E-state index < -0.39 is 6.09 Å². The molecule has 1 rings (SSSR count). The zero-order valence-corrected chi connectivity index (χ0v) is 9.15. The lowest BCUT2D eigenvalue weighted by Crippen LogP contribution is -2.22. The number of nitrogens with one attached hydrogen (secondary N) is 1. The molecule has 0 heterocycles. The van der Waals surface area contributed by atoms with Crippen LogP contribution in [0.3, 0.4) is 0 Å². The maximum atomic E-state index is 11.0. The van der Waals surface area contributed by atoms with Gasteiger partial charge in [0.1, 0.15) is 12.4 Å². The first-order valence-corrected chi connectivity index (χ1v) is 4.74. The summed E-state index contributed by atoms with van der Waals surface area (Å²) in [5.41, 5.74) is 0.640. The first-order chi connectivity index (χ1) is 7.63. The molecule has 5 heteroatoms. The molecule has 86 valence electrons. The first-order valence-electron chi connectivity index (χ1n) is 4.74. The second kappa shape index (κ2) is 5.75. The molecule has 16 heavy (non-hydrogen) atoms. The predicted molar refractivity (Wildman–Crippen MR) is 57.0 cm³/mol. The predicted octanol–water partition coefficient (Wildman–Crippen LogP) is 1.47. The van der Waals surface area contributed by atoms with Gasteiger partial charge in [-0.15, -0.1) is 0 Å². The van der Waals surface area contributed by atoms with Crippen LogP contribution in [0.5, 0.6) is 5.75 Å². The van der Waals surface area contributed by atoms with E-state index in [1.54, 1.807) is 24.3 Å². The quantitative estimate of drug-likeness (QED) is 0.788. The van der Waals surface area contributed by atoms with Gasteiger partial charge in [-0.05, 0) is 6.07 Å². The zero-order chi connectivity index (χ0) is 12.0. The lowest BCUT2D eigenvalue weighted by Gasteiger charge is -2.09. The second-order valence-corrected chi connectivity index (χ2v) is 3.03. The Bertz CT molecular complexity index is 389. The molecule has 0 radical (unpaired) electrons. The van der Waals surface area contributed by atoms with Gasteiger partial charge < -0.3 is 14.8 Å². The van der Waals surface area contributed by atoms with Crippen molar-refractivity contribution in [3.05, 3.63) is 29.8 Å². The van der Waals surface area contributed by atoms with E-state index in [1.807, 2.05) is 0 Å². The molecule has 0 aliphatic heterocycles. The summed E-state index contributed by atoms with van der Waals surface area (Å²) in [4.78, 5) is 21.7. The molecule has 1 aromatic rings. The Hall–Kier alpha value is -2.04. The van der Waals surface area contributed by atoms with Crippen LogP contribution in [-0.2, 0) is 16.1 Å². The number of para-hydroxylation sites is 1. The van der Waals surface area contributed by atoms with Crippen molar-refractivity contribution in [1.82, 2.24) is 5.32 Å². The highest BCUT2D eigenvalue weighted by Crippen LogP contribution is 2.18. The van der Waals surface area contributed by atoms with Crippen molar-refractivity contribution in [2.45, 2.75) is 13.5 Å². The van der Waals surface area contributed by atoms with Crippen LogP contribution in [0.4, 0.5) is 4.79 Å². The Morgan fingerprint density at radius 3 is 2.62 bits per heavy atom. The van der Waals surface area contributed by atoms with Crippen LogP contribution >= 0.6 is 0 Å². The van der Waals surface area contributed by atoms with Gasteiger partial charge in [-0.2, -0.15) is 0 Å². The molecule has 0 aliphatic carbocycles. The smallest absolute Gasteiger partial charge is 0.412 e. The highest BCUT2D eigenvalue weighted by molar-refractivity contribution is 5.70. The monoisotopic (exact) mass is 223 g/mol. The second-order valence-electron chi connectivity index (χ2n) is 3.03. The maximum absolute atomic E-state index is 11.0. The summed E-state index contributed by atoms with van der Waals surface area (Å²) in [6.07, 6.45) is -0.560. The van der Waals surface area contributed by atoms with Crippen molar-refractivity contribution in [3.8, 4) is 5.75 Å². The normalized spacial score (nSPS) is 9.38. The number of carbonyl (C=O) groups is 2. The third-order valence-electron chi connectivity index (χ3n) is 1.81. The van der Waals surface area contributed by atoms with Gasteiger partial charge >= 0.3 is 12.1 Å². The first kappa shape index (κ1) is 12.0. The van der Waals surface area contributed by atoms with E-state index in [-0.39, 0.29) is 12.6 Å². The summed E-state index contributed by atoms with van der Waals surface area (Å²) in [5, 5.41) is 2.34. The summed E-state index contributed by atoms with van der Waals surface area (Å²) in [6.45, 7) is 1.41. The fraction of sp³-hybridized carbons (Fsp3) is 0.273. The van der Waals surface area contributed by atoms with Crippen molar-refractivity contribution in [1.29, 1.82) is 0 Å². The summed E-state index contributed by atoms with van der Waals surface area (Å²) >= 11 is 0. The topological polar surface area (TPSA) is 64.6 Å².